The summed E-state index contributed by atoms with van der Waals surface area (Å²) >= 11 is 0. The third-order valence-electron chi connectivity index (χ3n) is 5.54. The Morgan fingerprint density at radius 1 is 1.31 bits per heavy atom. The summed E-state index contributed by atoms with van der Waals surface area (Å²) in [5.74, 6) is 1.73. The van der Waals surface area contributed by atoms with Crippen LogP contribution in [0.1, 0.15) is 47.9 Å². The number of methoxy groups -OCH3 is 1. The van der Waals surface area contributed by atoms with Gasteiger partial charge >= 0.3 is 0 Å². The normalized spacial score (nSPS) is 22.7. The van der Waals surface area contributed by atoms with E-state index in [-0.39, 0.29) is 12.1 Å². The quantitative estimate of drug-likeness (QED) is 0.826. The summed E-state index contributed by atoms with van der Waals surface area (Å²) in [6, 6.07) is 2.38. The van der Waals surface area contributed by atoms with Crippen LogP contribution < -0.4 is 10.1 Å². The summed E-state index contributed by atoms with van der Waals surface area (Å²) in [5, 5.41) is 8.18. The fourth-order valence-electron chi connectivity index (χ4n) is 3.85. The molecule has 26 heavy (non-hydrogen) atoms. The molecule has 0 spiro atoms. The van der Waals surface area contributed by atoms with Gasteiger partial charge in [0.15, 0.2) is 0 Å². The van der Waals surface area contributed by atoms with E-state index in [2.05, 4.69) is 33.1 Å². The van der Waals surface area contributed by atoms with Gasteiger partial charge in [-0.3, -0.25) is 9.67 Å². The largest absolute Gasteiger partial charge is 0.496 e. The van der Waals surface area contributed by atoms with Gasteiger partial charge in [0.2, 0.25) is 0 Å². The van der Waals surface area contributed by atoms with Crippen molar-refractivity contribution < 1.29 is 9.47 Å². The van der Waals surface area contributed by atoms with Gasteiger partial charge in [-0.25, -0.2) is 0 Å². The van der Waals surface area contributed by atoms with Crippen LogP contribution in [-0.2, 0) is 17.8 Å². The highest BCUT2D eigenvalue weighted by atomic mass is 16.5. The van der Waals surface area contributed by atoms with E-state index in [0.717, 1.165) is 48.1 Å². The number of hydrogen-bond donors (Lipinski definition) is 1. The van der Waals surface area contributed by atoms with Gasteiger partial charge in [0.25, 0.3) is 0 Å². The molecule has 140 valence electrons. The second kappa shape index (κ2) is 7.37. The molecule has 2 fully saturated rings. The first-order chi connectivity index (χ1) is 12.7. The molecule has 1 N–H and O–H groups in total. The van der Waals surface area contributed by atoms with Crippen molar-refractivity contribution in [2.75, 3.05) is 13.7 Å². The third kappa shape index (κ3) is 3.48. The fourth-order valence-corrected chi connectivity index (χ4v) is 3.85. The highest BCUT2D eigenvalue weighted by molar-refractivity contribution is 5.41. The summed E-state index contributed by atoms with van der Waals surface area (Å²) in [5.41, 5.74) is 4.40. The first-order valence-electron chi connectivity index (χ1n) is 9.53. The van der Waals surface area contributed by atoms with Gasteiger partial charge in [-0.1, -0.05) is 0 Å². The predicted octanol–water partition coefficient (Wildman–Crippen LogP) is 2.93. The monoisotopic (exact) mass is 356 g/mol. The number of aromatic nitrogens is 3. The van der Waals surface area contributed by atoms with Crippen LogP contribution in [0.5, 0.6) is 5.75 Å². The number of nitrogens with one attached hydrogen (secondary N) is 1. The van der Waals surface area contributed by atoms with Crippen LogP contribution in [0.2, 0.25) is 0 Å². The van der Waals surface area contributed by atoms with Crippen molar-refractivity contribution >= 4 is 0 Å². The molecule has 0 amide bonds. The zero-order valence-electron chi connectivity index (χ0n) is 15.9. The van der Waals surface area contributed by atoms with E-state index in [1.54, 1.807) is 7.11 Å². The first-order valence-corrected chi connectivity index (χ1v) is 9.53. The van der Waals surface area contributed by atoms with E-state index in [1.165, 1.54) is 18.5 Å². The van der Waals surface area contributed by atoms with E-state index in [9.17, 15) is 0 Å². The summed E-state index contributed by atoms with van der Waals surface area (Å²) < 4.78 is 13.7. The third-order valence-corrected chi connectivity index (χ3v) is 5.54. The molecule has 0 aromatic carbocycles. The summed E-state index contributed by atoms with van der Waals surface area (Å²) in [4.78, 5) is 4.60. The van der Waals surface area contributed by atoms with Crippen molar-refractivity contribution in [3.05, 3.63) is 41.0 Å². The zero-order valence-corrected chi connectivity index (χ0v) is 15.9. The van der Waals surface area contributed by atoms with E-state index >= 15 is 0 Å². The van der Waals surface area contributed by atoms with E-state index in [1.807, 2.05) is 19.3 Å². The van der Waals surface area contributed by atoms with Gasteiger partial charge in [0, 0.05) is 49.3 Å². The minimum absolute atomic E-state index is 0.0592. The van der Waals surface area contributed by atoms with Crippen LogP contribution in [0.25, 0.3) is 0 Å². The molecular weight excluding hydrogens is 328 g/mol. The maximum Gasteiger partial charge on any atom is 0.128 e. The Kier molecular flexibility index (Phi) is 4.96. The van der Waals surface area contributed by atoms with Gasteiger partial charge in [0.1, 0.15) is 11.9 Å². The van der Waals surface area contributed by atoms with Crippen LogP contribution in [0.3, 0.4) is 0 Å². The van der Waals surface area contributed by atoms with Crippen LogP contribution in [0, 0.1) is 19.8 Å². The standard InChI is InChI=1S/C20H28N4O2/c1-13-10-21-17(14(2)19(13)25-3)11-22-16-7-9-26-20(16)18-6-8-23-24(18)12-15-4-5-15/h6,8,10,15-16,20,22H,4-5,7,9,11-12H2,1-3H3/t16-,20-/m0/s1. The smallest absolute Gasteiger partial charge is 0.128 e. The fraction of sp³-hybridized carbons (Fsp3) is 0.600. The molecule has 1 aliphatic carbocycles. The van der Waals surface area contributed by atoms with Crippen LogP contribution >= 0.6 is 0 Å². The van der Waals surface area contributed by atoms with Gasteiger partial charge in [0.05, 0.1) is 18.5 Å². The van der Waals surface area contributed by atoms with Gasteiger partial charge in [-0.2, -0.15) is 5.10 Å². The molecule has 3 heterocycles. The molecule has 0 unspecified atom stereocenters. The molecule has 0 bridgehead atoms. The summed E-state index contributed by atoms with van der Waals surface area (Å²) in [6.45, 7) is 6.61. The number of pyridine rings is 1. The van der Waals surface area contributed by atoms with Crippen molar-refractivity contribution in [3.63, 3.8) is 0 Å². The average molecular weight is 356 g/mol. The van der Waals surface area contributed by atoms with E-state index < -0.39 is 0 Å². The second-order valence-corrected chi connectivity index (χ2v) is 7.50. The van der Waals surface area contributed by atoms with Gasteiger partial charge < -0.3 is 14.8 Å². The topological polar surface area (TPSA) is 61.2 Å². The zero-order chi connectivity index (χ0) is 18.1. The lowest BCUT2D eigenvalue weighted by Gasteiger charge is -2.22. The lowest BCUT2D eigenvalue weighted by molar-refractivity contribution is 0.0905. The lowest BCUT2D eigenvalue weighted by atomic mass is 10.1. The maximum absolute atomic E-state index is 6.07. The minimum atomic E-state index is 0.0592. The predicted molar refractivity (Wildman–Crippen MR) is 99.2 cm³/mol. The molecular formula is C20H28N4O2. The number of nitrogens with zero attached hydrogens (tertiary/aromatic N) is 3. The number of aryl methyl sites for hydroxylation is 1. The molecule has 2 aromatic heterocycles. The van der Waals surface area contributed by atoms with Crippen LogP contribution in [-0.4, -0.2) is 34.5 Å². The molecule has 1 aliphatic heterocycles. The van der Waals surface area contributed by atoms with Crippen LogP contribution in [0.4, 0.5) is 0 Å². The van der Waals surface area contributed by atoms with Crippen molar-refractivity contribution in [1.29, 1.82) is 0 Å². The van der Waals surface area contributed by atoms with Crippen molar-refractivity contribution in [1.82, 2.24) is 20.1 Å². The molecule has 6 heteroatoms. The summed E-state index contributed by atoms with van der Waals surface area (Å²) in [6.07, 6.45) is 7.49. The Morgan fingerprint density at radius 3 is 2.92 bits per heavy atom. The maximum atomic E-state index is 6.07. The Morgan fingerprint density at radius 2 is 2.15 bits per heavy atom. The molecule has 0 radical (unpaired) electrons. The Hall–Kier alpha value is -1.92. The number of hydrogen-bond acceptors (Lipinski definition) is 5. The van der Waals surface area contributed by atoms with E-state index in [0.29, 0.717) is 6.54 Å². The summed E-state index contributed by atoms with van der Waals surface area (Å²) in [7, 11) is 1.72. The molecule has 6 nitrogen and oxygen atoms in total. The van der Waals surface area contributed by atoms with Crippen molar-refractivity contribution in [2.45, 2.75) is 58.3 Å². The number of ether oxygens (including phenoxy) is 2. The Bertz CT molecular complexity index is 769. The van der Waals surface area contributed by atoms with Gasteiger partial charge in [-0.15, -0.1) is 0 Å². The SMILES string of the molecule is COc1c(C)cnc(CN[C@H]2CCO[C@@H]2c2ccnn2CC2CC2)c1C. The highest BCUT2D eigenvalue weighted by Gasteiger charge is 2.33. The molecule has 2 atom stereocenters. The molecule has 1 saturated carbocycles. The van der Waals surface area contributed by atoms with Gasteiger partial charge in [-0.05, 0) is 45.1 Å². The Balaban J connectivity index is 1.46. The minimum Gasteiger partial charge on any atom is -0.496 e. The van der Waals surface area contributed by atoms with Crippen molar-refractivity contribution in [2.24, 2.45) is 5.92 Å². The van der Waals surface area contributed by atoms with Crippen molar-refractivity contribution in [3.8, 4) is 5.75 Å². The average Bonchev–Trinajstić information content (AvgIpc) is 3.13. The first kappa shape index (κ1) is 17.5. The second-order valence-electron chi connectivity index (χ2n) is 7.50. The van der Waals surface area contributed by atoms with Crippen LogP contribution in [0.15, 0.2) is 18.5 Å². The molecule has 4 rings (SSSR count). The molecule has 2 aliphatic rings. The number of rotatable bonds is 7. The molecule has 2 aromatic rings. The highest BCUT2D eigenvalue weighted by Crippen LogP contribution is 2.34. The Labute approximate surface area is 154 Å². The molecule has 1 saturated heterocycles. The lowest BCUT2D eigenvalue weighted by Crippen LogP contribution is -2.33. The van der Waals surface area contributed by atoms with E-state index in [4.69, 9.17) is 9.47 Å².